The van der Waals surface area contributed by atoms with Gasteiger partial charge >= 0.3 is 5.97 Å². The van der Waals surface area contributed by atoms with Crippen molar-refractivity contribution in [2.75, 3.05) is 13.7 Å². The Balaban J connectivity index is 0.000000511. The molecule has 1 atom stereocenters. The van der Waals surface area contributed by atoms with Crippen LogP contribution >= 0.6 is 22.9 Å². The number of hydrogen-bond acceptors (Lipinski definition) is 6. The number of esters is 1. The lowest BCUT2D eigenvalue weighted by atomic mass is 10.0. The van der Waals surface area contributed by atoms with Gasteiger partial charge in [-0.2, -0.15) is 0 Å². The third-order valence-electron chi connectivity index (χ3n) is 3.83. The molecular formula is C16H17ClN2O5S. The minimum absolute atomic E-state index is 0.262. The first kappa shape index (κ1) is 19.2. The van der Waals surface area contributed by atoms with Crippen molar-refractivity contribution in [1.29, 1.82) is 0 Å². The van der Waals surface area contributed by atoms with Gasteiger partial charge in [0, 0.05) is 23.0 Å². The fourth-order valence-corrected chi connectivity index (χ4v) is 3.90. The minimum Gasteiger partial charge on any atom is -0.468 e. The molecule has 9 heteroatoms. The normalized spacial score (nSPS) is 14.6. The van der Waals surface area contributed by atoms with E-state index >= 15 is 0 Å². The fraction of sp³-hybridized carbons (Fsp3) is 0.312. The van der Waals surface area contributed by atoms with Crippen molar-refractivity contribution >= 4 is 28.9 Å². The topological polar surface area (TPSA) is 92.9 Å². The first-order chi connectivity index (χ1) is 11.9. The molecule has 7 nitrogen and oxygen atoms in total. The molecule has 134 valence electrons. The number of nitrogens with zero attached hydrogens (tertiary/aromatic N) is 2. The minimum atomic E-state index is -1.50. The second-order valence-corrected chi connectivity index (χ2v) is 6.68. The van der Waals surface area contributed by atoms with Crippen LogP contribution in [0, 0.1) is 10.1 Å². The van der Waals surface area contributed by atoms with E-state index in [4.69, 9.17) is 31.7 Å². The summed E-state index contributed by atoms with van der Waals surface area (Å²) in [5.74, 6) is -0.262. The van der Waals surface area contributed by atoms with Gasteiger partial charge < -0.3 is 9.94 Å². The first-order valence-corrected chi connectivity index (χ1v) is 8.64. The van der Waals surface area contributed by atoms with Crippen LogP contribution in [0.15, 0.2) is 35.7 Å². The summed E-state index contributed by atoms with van der Waals surface area (Å²) in [6.07, 6.45) is 0.963. The van der Waals surface area contributed by atoms with Gasteiger partial charge in [-0.05, 0) is 35.1 Å². The van der Waals surface area contributed by atoms with Gasteiger partial charge in [0.2, 0.25) is 0 Å². The first-order valence-electron chi connectivity index (χ1n) is 7.38. The molecule has 1 aromatic carbocycles. The van der Waals surface area contributed by atoms with Gasteiger partial charge in [-0.15, -0.1) is 21.5 Å². The zero-order chi connectivity index (χ0) is 18.4. The van der Waals surface area contributed by atoms with Crippen LogP contribution in [0.25, 0.3) is 0 Å². The van der Waals surface area contributed by atoms with Gasteiger partial charge in [0.05, 0.1) is 7.11 Å². The third kappa shape index (κ3) is 4.91. The van der Waals surface area contributed by atoms with Crippen LogP contribution in [0.2, 0.25) is 5.02 Å². The Bertz CT molecular complexity index is 748. The molecule has 0 radical (unpaired) electrons. The maximum Gasteiger partial charge on any atom is 0.327 e. The van der Waals surface area contributed by atoms with E-state index in [1.807, 2.05) is 24.3 Å². The summed E-state index contributed by atoms with van der Waals surface area (Å²) in [6, 6.07) is 9.16. The van der Waals surface area contributed by atoms with E-state index < -0.39 is 11.1 Å². The van der Waals surface area contributed by atoms with E-state index in [1.165, 1.54) is 17.6 Å². The molecule has 0 spiro atoms. The highest BCUT2D eigenvalue weighted by Crippen LogP contribution is 2.33. The monoisotopic (exact) mass is 384 g/mol. The molecule has 1 aromatic heterocycles. The number of halogens is 1. The molecule has 0 saturated carbocycles. The largest absolute Gasteiger partial charge is 0.468 e. The SMILES string of the molecule is COC(=O)[C@@H](c1ccccc1Cl)N1CCc2sccc2C1.O=[N+]([O-])O. The van der Waals surface area contributed by atoms with Gasteiger partial charge in [-0.1, -0.05) is 29.8 Å². The average Bonchev–Trinajstić information content (AvgIpc) is 3.04. The van der Waals surface area contributed by atoms with Crippen LogP contribution in [-0.4, -0.2) is 34.8 Å². The van der Waals surface area contributed by atoms with Gasteiger partial charge in [-0.25, -0.2) is 4.79 Å². The van der Waals surface area contributed by atoms with Crippen molar-refractivity contribution in [2.24, 2.45) is 0 Å². The summed E-state index contributed by atoms with van der Waals surface area (Å²) < 4.78 is 5.01. The van der Waals surface area contributed by atoms with Crippen molar-refractivity contribution in [3.05, 3.63) is 66.9 Å². The molecule has 1 N–H and O–H groups in total. The number of carbonyl (C=O) groups is 1. The molecular weight excluding hydrogens is 368 g/mol. The predicted octanol–water partition coefficient (Wildman–Crippen LogP) is 3.33. The van der Waals surface area contributed by atoms with Gasteiger partial charge in [0.1, 0.15) is 6.04 Å². The number of benzene rings is 1. The van der Waals surface area contributed by atoms with Crippen LogP contribution in [0.4, 0.5) is 0 Å². The highest BCUT2D eigenvalue weighted by molar-refractivity contribution is 7.10. The number of fused-ring (bicyclic) bond motifs is 1. The summed E-state index contributed by atoms with van der Waals surface area (Å²) in [7, 11) is 1.42. The summed E-state index contributed by atoms with van der Waals surface area (Å²) in [5, 5.41) is 16.3. The molecule has 0 aliphatic carbocycles. The van der Waals surface area contributed by atoms with E-state index in [0.717, 1.165) is 25.1 Å². The number of carbonyl (C=O) groups excluding carboxylic acids is 1. The summed E-state index contributed by atoms with van der Waals surface area (Å²) >= 11 is 8.07. The van der Waals surface area contributed by atoms with Crippen molar-refractivity contribution in [1.82, 2.24) is 4.90 Å². The van der Waals surface area contributed by atoms with Crippen molar-refractivity contribution in [3.63, 3.8) is 0 Å². The molecule has 1 aliphatic rings. The Morgan fingerprint density at radius 2 is 2.12 bits per heavy atom. The lowest BCUT2D eigenvalue weighted by Gasteiger charge is -2.33. The molecule has 0 unspecified atom stereocenters. The number of methoxy groups -OCH3 is 1. The van der Waals surface area contributed by atoms with E-state index in [9.17, 15) is 4.79 Å². The van der Waals surface area contributed by atoms with E-state index in [2.05, 4.69) is 16.3 Å². The fourth-order valence-electron chi connectivity index (χ4n) is 2.77. The van der Waals surface area contributed by atoms with Crippen molar-refractivity contribution < 1.29 is 19.8 Å². The number of rotatable bonds is 3. The van der Waals surface area contributed by atoms with Crippen LogP contribution in [0.3, 0.4) is 0 Å². The maximum absolute atomic E-state index is 12.3. The molecule has 0 bridgehead atoms. The van der Waals surface area contributed by atoms with Crippen LogP contribution < -0.4 is 0 Å². The Hall–Kier alpha value is -2.16. The van der Waals surface area contributed by atoms with Gasteiger partial charge in [0.25, 0.3) is 5.09 Å². The maximum atomic E-state index is 12.3. The lowest BCUT2D eigenvalue weighted by Crippen LogP contribution is -2.38. The molecule has 3 rings (SSSR count). The second-order valence-electron chi connectivity index (χ2n) is 5.27. The molecule has 0 amide bonds. The highest BCUT2D eigenvalue weighted by Gasteiger charge is 2.32. The van der Waals surface area contributed by atoms with Crippen molar-refractivity contribution in [3.8, 4) is 0 Å². The van der Waals surface area contributed by atoms with Crippen LogP contribution in [0.5, 0.6) is 0 Å². The zero-order valence-corrected chi connectivity index (χ0v) is 15.0. The predicted molar refractivity (Wildman–Crippen MR) is 93.4 cm³/mol. The van der Waals surface area contributed by atoms with E-state index in [1.54, 1.807) is 11.3 Å². The number of thiophene rings is 1. The number of hydrogen-bond donors (Lipinski definition) is 1. The molecule has 1 aliphatic heterocycles. The standard InChI is InChI=1S/C16H16ClNO2S.HNO3/c1-20-16(19)15(12-4-2-3-5-13(12)17)18-8-6-14-11(10-18)7-9-21-14;2-1(3)4/h2-5,7,9,15H,6,8,10H2,1H3;(H,2,3,4)/t15-;/m1./s1. The highest BCUT2D eigenvalue weighted by atomic mass is 35.5. The quantitative estimate of drug-likeness (QED) is 0.495. The smallest absolute Gasteiger partial charge is 0.327 e. The summed E-state index contributed by atoms with van der Waals surface area (Å²) in [4.78, 5) is 24.2. The number of ether oxygens (including phenoxy) is 1. The Morgan fingerprint density at radius 1 is 1.44 bits per heavy atom. The Kier molecular flexibility index (Phi) is 6.74. The third-order valence-corrected chi connectivity index (χ3v) is 5.19. The molecule has 0 saturated heterocycles. The van der Waals surface area contributed by atoms with E-state index in [0.29, 0.717) is 5.02 Å². The van der Waals surface area contributed by atoms with E-state index in [-0.39, 0.29) is 5.97 Å². The average molecular weight is 385 g/mol. The molecule has 2 heterocycles. The molecule has 2 aromatic rings. The molecule has 0 fully saturated rings. The lowest BCUT2D eigenvalue weighted by molar-refractivity contribution is -0.742. The molecule has 25 heavy (non-hydrogen) atoms. The summed E-state index contributed by atoms with van der Waals surface area (Å²) in [5.41, 5.74) is 2.11. The Labute approximate surface area is 153 Å². The van der Waals surface area contributed by atoms with Crippen molar-refractivity contribution in [2.45, 2.75) is 19.0 Å². The summed E-state index contributed by atoms with van der Waals surface area (Å²) in [6.45, 7) is 1.59. The zero-order valence-electron chi connectivity index (χ0n) is 13.4. The van der Waals surface area contributed by atoms with Crippen LogP contribution in [0.1, 0.15) is 22.0 Å². The Morgan fingerprint density at radius 3 is 2.76 bits per heavy atom. The van der Waals surface area contributed by atoms with Crippen LogP contribution in [-0.2, 0) is 22.5 Å². The second kappa shape index (κ2) is 8.80. The van der Waals surface area contributed by atoms with Gasteiger partial charge in [-0.3, -0.25) is 4.90 Å². The van der Waals surface area contributed by atoms with Gasteiger partial charge in [0.15, 0.2) is 0 Å².